The van der Waals surface area contributed by atoms with Crippen LogP contribution in [0.2, 0.25) is 0 Å². The second-order valence-corrected chi connectivity index (χ2v) is 25.1. The average molecular weight is 828 g/mol. The van der Waals surface area contributed by atoms with Gasteiger partial charge in [-0.1, -0.05) is 202 Å². The van der Waals surface area contributed by atoms with E-state index in [1.165, 1.54) is 59.7 Å². The van der Waals surface area contributed by atoms with Crippen LogP contribution in [0.25, 0.3) is 0 Å². The minimum absolute atomic E-state index is 0. The van der Waals surface area contributed by atoms with Gasteiger partial charge in [-0.3, -0.25) is 0 Å². The number of hydrogen-bond donors (Lipinski definition) is 0. The third kappa shape index (κ3) is 11.2. The topological polar surface area (TPSA) is 0 Å². The minimum atomic E-state index is -2.94. The van der Waals surface area contributed by atoms with Crippen molar-refractivity contribution < 1.29 is 58.9 Å². The molecule has 0 atom stereocenters. The Morgan fingerprint density at radius 3 is 0.736 bits per heavy atom. The van der Waals surface area contributed by atoms with E-state index in [0.717, 1.165) is 0 Å². The summed E-state index contributed by atoms with van der Waals surface area (Å²) in [7, 11) is -2.94. The second-order valence-electron chi connectivity index (χ2n) is 21.3. The van der Waals surface area contributed by atoms with Gasteiger partial charge in [-0.05, 0) is 65.9 Å². The third-order valence-corrected chi connectivity index (χ3v) is 15.3. The standard InChI is InChI=1S/C48H69Si.3ClH.Ti/c1-32-20-21-39(22-32)49(40-26-33(43(2,3)4)23-34(27-40)44(5,6)7,41-28-35(45(8,9)10)24-36(29-41)46(11,12)13)42-30-37(47(14,15)16)25-38(31-42)48(17,18)19;;;;/h20-31H,1-19H3;3*1H;/q-1;;;;+4/p-3. The Bertz CT molecular complexity index is 1540. The first kappa shape index (κ1) is 51.8. The first-order valence-corrected chi connectivity index (χ1v) is 20.7. The maximum absolute atomic E-state index is 2.94. The molecule has 0 bridgehead atoms. The van der Waals surface area contributed by atoms with E-state index in [0.29, 0.717) is 0 Å². The normalized spacial score (nSPS) is 13.0. The van der Waals surface area contributed by atoms with E-state index in [9.17, 15) is 0 Å². The minimum Gasteiger partial charge on any atom is -1.00 e. The first-order valence-electron chi connectivity index (χ1n) is 18.7. The van der Waals surface area contributed by atoms with Gasteiger partial charge in [0.1, 0.15) is 8.07 Å². The van der Waals surface area contributed by atoms with Crippen molar-refractivity contribution in [1.82, 2.24) is 0 Å². The van der Waals surface area contributed by atoms with Gasteiger partial charge in [-0.15, -0.1) is 5.19 Å². The number of rotatable bonds is 4. The molecule has 4 aromatic carbocycles. The Labute approximate surface area is 361 Å². The van der Waals surface area contributed by atoms with E-state index >= 15 is 0 Å². The van der Waals surface area contributed by atoms with Crippen LogP contribution in [0, 0.1) is 6.92 Å². The molecule has 0 fully saturated rings. The molecule has 5 heteroatoms. The van der Waals surface area contributed by atoms with Crippen LogP contribution >= 0.6 is 0 Å². The van der Waals surface area contributed by atoms with Gasteiger partial charge in [-0.25, -0.2) is 11.6 Å². The average Bonchev–Trinajstić information content (AvgIpc) is 3.36. The quantitative estimate of drug-likeness (QED) is 0.168. The fourth-order valence-corrected chi connectivity index (χ4v) is 11.9. The summed E-state index contributed by atoms with van der Waals surface area (Å²) in [5, 5.41) is 5.96. The van der Waals surface area contributed by atoms with E-state index in [1.807, 2.05) is 0 Å². The monoisotopic (exact) mass is 826 g/mol. The van der Waals surface area contributed by atoms with E-state index in [-0.39, 0.29) is 91.4 Å². The zero-order valence-corrected chi connectivity index (χ0v) is 41.4. The summed E-state index contributed by atoms with van der Waals surface area (Å²) < 4.78 is 0. The van der Waals surface area contributed by atoms with Crippen molar-refractivity contribution in [2.75, 3.05) is 0 Å². The molecule has 0 aliphatic heterocycles. The number of aryl methyl sites for hydroxylation is 1. The molecule has 0 heterocycles. The van der Waals surface area contributed by atoms with Gasteiger partial charge in [0, 0.05) is 0 Å². The van der Waals surface area contributed by atoms with E-state index in [4.69, 9.17) is 0 Å². The zero-order chi connectivity index (χ0) is 37.3. The molecule has 0 spiro atoms. The summed E-state index contributed by atoms with van der Waals surface area (Å²) in [5.74, 6) is 0. The van der Waals surface area contributed by atoms with Crippen molar-refractivity contribution in [1.29, 1.82) is 0 Å². The summed E-state index contributed by atoms with van der Waals surface area (Å²) in [5.41, 5.74) is 9.87. The summed E-state index contributed by atoms with van der Waals surface area (Å²) in [6.45, 7) is 45.1. The van der Waals surface area contributed by atoms with Gasteiger partial charge in [0.15, 0.2) is 0 Å². The fraction of sp³-hybridized carbons (Fsp3) is 0.521. The van der Waals surface area contributed by atoms with Crippen LogP contribution in [0.5, 0.6) is 0 Å². The van der Waals surface area contributed by atoms with Crippen LogP contribution in [-0.4, -0.2) is 8.07 Å². The molecule has 0 unspecified atom stereocenters. The Hall–Kier alpha value is -1.19. The number of benzene rings is 3. The van der Waals surface area contributed by atoms with E-state index in [2.05, 4.69) is 204 Å². The summed E-state index contributed by atoms with van der Waals surface area (Å²) in [6.07, 6.45) is 0. The van der Waals surface area contributed by atoms with E-state index < -0.39 is 8.07 Å². The molecule has 53 heavy (non-hydrogen) atoms. The predicted molar refractivity (Wildman–Crippen MR) is 223 cm³/mol. The van der Waals surface area contributed by atoms with Crippen molar-refractivity contribution in [3.8, 4) is 0 Å². The summed E-state index contributed by atoms with van der Waals surface area (Å²) in [6, 6.07) is 30.5. The molecule has 0 N–H and O–H groups in total. The third-order valence-electron chi connectivity index (χ3n) is 10.6. The molecular formula is C48H69Cl3SiTi. The first-order chi connectivity index (χ1) is 21.9. The molecule has 0 saturated heterocycles. The van der Waals surface area contributed by atoms with Crippen LogP contribution in [0.15, 0.2) is 72.8 Å². The summed E-state index contributed by atoms with van der Waals surface area (Å²) in [4.78, 5) is 0. The van der Waals surface area contributed by atoms with Gasteiger partial charge in [-0.2, -0.15) is 12.1 Å². The molecule has 290 valence electrons. The van der Waals surface area contributed by atoms with Crippen molar-refractivity contribution in [2.45, 2.75) is 164 Å². The molecule has 4 aromatic rings. The smallest absolute Gasteiger partial charge is 1.00 e. The molecule has 0 saturated carbocycles. The number of hydrogen-bond acceptors (Lipinski definition) is 0. The van der Waals surface area contributed by atoms with Gasteiger partial charge in [0.05, 0.1) is 0 Å². The van der Waals surface area contributed by atoms with Gasteiger partial charge >= 0.3 is 21.7 Å². The van der Waals surface area contributed by atoms with Crippen molar-refractivity contribution in [3.05, 3.63) is 112 Å². The SMILES string of the molecule is Cc1cc[c-]([Si](c2cc(C(C)(C)C)cc(C(C)(C)C)c2)(c2cc(C(C)(C)C)cc(C(C)(C)C)c2)c2cc(C(C)(C)C)cc(C(C)(C)C)c2)c1.[Cl-].[Cl-].[Cl-].[Ti+4]. The predicted octanol–water partition coefficient (Wildman–Crippen LogP) is 1.89. The molecule has 0 nitrogen and oxygen atoms in total. The molecule has 0 amide bonds. The summed E-state index contributed by atoms with van der Waals surface area (Å²) >= 11 is 0. The van der Waals surface area contributed by atoms with Crippen LogP contribution in [0.1, 0.15) is 164 Å². The van der Waals surface area contributed by atoms with E-state index in [1.54, 1.807) is 0 Å². The van der Waals surface area contributed by atoms with Crippen LogP contribution in [-0.2, 0) is 54.2 Å². The maximum atomic E-state index is 2.62. The van der Waals surface area contributed by atoms with Gasteiger partial charge in [0.25, 0.3) is 0 Å². The Balaban J connectivity index is 0.00000676. The van der Waals surface area contributed by atoms with Gasteiger partial charge in [0.2, 0.25) is 0 Å². The Morgan fingerprint density at radius 1 is 0.377 bits per heavy atom. The van der Waals surface area contributed by atoms with Crippen LogP contribution in [0.4, 0.5) is 0 Å². The van der Waals surface area contributed by atoms with Crippen LogP contribution < -0.4 is 58.0 Å². The molecular weight excluding hydrogens is 759 g/mol. The van der Waals surface area contributed by atoms with Crippen molar-refractivity contribution in [3.63, 3.8) is 0 Å². The maximum Gasteiger partial charge on any atom is 4.00 e. The van der Waals surface area contributed by atoms with Crippen molar-refractivity contribution >= 4 is 28.8 Å². The van der Waals surface area contributed by atoms with Gasteiger partial charge < -0.3 is 37.2 Å². The van der Waals surface area contributed by atoms with Crippen LogP contribution in [0.3, 0.4) is 0 Å². The molecule has 0 radical (unpaired) electrons. The molecule has 0 aromatic heterocycles. The second kappa shape index (κ2) is 17.1. The zero-order valence-electron chi connectivity index (χ0n) is 36.6. The molecule has 0 aliphatic rings. The van der Waals surface area contributed by atoms with Crippen molar-refractivity contribution in [2.24, 2.45) is 0 Å². The Morgan fingerprint density at radius 2 is 0.585 bits per heavy atom. The number of halogens is 3. The fourth-order valence-electron chi connectivity index (χ4n) is 6.93. The molecule has 0 aliphatic carbocycles. The largest absolute Gasteiger partial charge is 4.00 e. The molecule has 4 rings (SSSR count). The Kier molecular flexibility index (Phi) is 16.7.